The van der Waals surface area contributed by atoms with Gasteiger partial charge in [-0.15, -0.1) is 0 Å². The summed E-state index contributed by atoms with van der Waals surface area (Å²) in [4.78, 5) is 26.3. The number of amides is 1. The molecule has 4 rings (SSSR count). The molecular weight excluding hydrogens is 381 g/mol. The van der Waals surface area contributed by atoms with E-state index in [1.807, 2.05) is 0 Å². The van der Waals surface area contributed by atoms with E-state index in [4.69, 9.17) is 9.47 Å². The molecule has 2 aliphatic rings. The van der Waals surface area contributed by atoms with Gasteiger partial charge in [0.2, 0.25) is 0 Å². The van der Waals surface area contributed by atoms with E-state index in [1.54, 1.807) is 18.2 Å². The van der Waals surface area contributed by atoms with Crippen LogP contribution in [0.25, 0.3) is 0 Å². The highest BCUT2D eigenvalue weighted by Gasteiger charge is 2.30. The second-order valence-electron chi connectivity index (χ2n) is 6.95. The van der Waals surface area contributed by atoms with Gasteiger partial charge in [-0.25, -0.2) is 9.18 Å². The molecule has 2 saturated heterocycles. The number of anilines is 2. The first kappa shape index (κ1) is 19.0. The summed E-state index contributed by atoms with van der Waals surface area (Å²) >= 11 is 0. The lowest BCUT2D eigenvalue weighted by Crippen LogP contribution is -2.39. The van der Waals surface area contributed by atoms with Gasteiger partial charge in [0.05, 0.1) is 22.8 Å². The molecule has 0 N–H and O–H groups in total. The van der Waals surface area contributed by atoms with Gasteiger partial charge in [-0.2, -0.15) is 0 Å². The smallest absolute Gasteiger partial charge is 0.414 e. The van der Waals surface area contributed by atoms with Gasteiger partial charge < -0.3 is 14.4 Å². The molecule has 0 bridgehead atoms. The number of nitro groups is 1. The van der Waals surface area contributed by atoms with Crippen LogP contribution in [0, 0.1) is 15.9 Å². The Bertz CT molecular complexity index is 913. The van der Waals surface area contributed by atoms with E-state index in [0.717, 1.165) is 18.5 Å². The second-order valence-corrected chi connectivity index (χ2v) is 6.95. The molecule has 0 unspecified atom stereocenters. The third kappa shape index (κ3) is 4.08. The number of hydrogen-bond donors (Lipinski definition) is 0. The molecule has 9 heteroatoms. The SMILES string of the molecule is O=C1OCCN1c1cc([N+](=O)[O-])ccc1N1CCC(Oc2ccc(F)cc2)CC1. The molecule has 2 fully saturated rings. The minimum atomic E-state index is -0.499. The Hall–Kier alpha value is -3.36. The van der Waals surface area contributed by atoms with Crippen LogP contribution in [0.1, 0.15) is 12.8 Å². The van der Waals surface area contributed by atoms with Crippen molar-refractivity contribution >= 4 is 23.2 Å². The summed E-state index contributed by atoms with van der Waals surface area (Å²) in [5.41, 5.74) is 1.17. The highest BCUT2D eigenvalue weighted by atomic mass is 19.1. The van der Waals surface area contributed by atoms with Crippen molar-refractivity contribution in [3.05, 3.63) is 58.4 Å². The molecule has 2 aromatic rings. The van der Waals surface area contributed by atoms with E-state index in [2.05, 4.69) is 4.90 Å². The first-order chi connectivity index (χ1) is 14.0. The van der Waals surface area contributed by atoms with E-state index in [-0.39, 0.29) is 24.2 Å². The van der Waals surface area contributed by atoms with Crippen molar-refractivity contribution in [2.45, 2.75) is 18.9 Å². The van der Waals surface area contributed by atoms with Crippen LogP contribution in [-0.2, 0) is 4.74 Å². The zero-order valence-electron chi connectivity index (χ0n) is 15.6. The quantitative estimate of drug-likeness (QED) is 0.561. The van der Waals surface area contributed by atoms with Gasteiger partial charge in [-0.3, -0.25) is 15.0 Å². The van der Waals surface area contributed by atoms with Crippen molar-refractivity contribution in [2.24, 2.45) is 0 Å². The Morgan fingerprint density at radius 3 is 2.41 bits per heavy atom. The van der Waals surface area contributed by atoms with Crippen LogP contribution < -0.4 is 14.5 Å². The number of hydrogen-bond acceptors (Lipinski definition) is 6. The van der Waals surface area contributed by atoms with E-state index in [1.165, 1.54) is 29.2 Å². The van der Waals surface area contributed by atoms with Crippen molar-refractivity contribution in [1.82, 2.24) is 0 Å². The zero-order valence-corrected chi connectivity index (χ0v) is 15.6. The normalized spacial score (nSPS) is 17.3. The third-order valence-electron chi connectivity index (χ3n) is 5.12. The van der Waals surface area contributed by atoms with E-state index in [9.17, 15) is 19.3 Å². The zero-order chi connectivity index (χ0) is 20.4. The molecule has 0 saturated carbocycles. The van der Waals surface area contributed by atoms with Crippen molar-refractivity contribution in [3.63, 3.8) is 0 Å². The minimum absolute atomic E-state index is 0.00467. The summed E-state index contributed by atoms with van der Waals surface area (Å²) < 4.78 is 24.0. The van der Waals surface area contributed by atoms with Crippen molar-refractivity contribution in [3.8, 4) is 5.75 Å². The lowest BCUT2D eigenvalue weighted by molar-refractivity contribution is -0.384. The summed E-state index contributed by atoms with van der Waals surface area (Å²) in [6.45, 7) is 1.95. The summed E-state index contributed by atoms with van der Waals surface area (Å²) in [5, 5.41) is 11.2. The molecule has 8 nitrogen and oxygen atoms in total. The molecule has 2 heterocycles. The monoisotopic (exact) mass is 401 g/mol. The number of ether oxygens (including phenoxy) is 2. The molecular formula is C20H20FN3O5. The number of halogens is 1. The summed E-state index contributed by atoms with van der Waals surface area (Å²) in [6, 6.07) is 10.5. The maximum Gasteiger partial charge on any atom is 0.414 e. The Morgan fingerprint density at radius 2 is 1.79 bits per heavy atom. The predicted molar refractivity (Wildman–Crippen MR) is 104 cm³/mol. The molecule has 0 atom stereocenters. The number of non-ortho nitro benzene ring substituents is 1. The Morgan fingerprint density at radius 1 is 1.07 bits per heavy atom. The van der Waals surface area contributed by atoms with Crippen molar-refractivity contribution < 1.29 is 23.6 Å². The fourth-order valence-electron chi connectivity index (χ4n) is 3.64. The topological polar surface area (TPSA) is 85.1 Å². The van der Waals surface area contributed by atoms with Gasteiger partial charge in [0.25, 0.3) is 5.69 Å². The predicted octanol–water partition coefficient (Wildman–Crippen LogP) is 3.74. The van der Waals surface area contributed by atoms with E-state index in [0.29, 0.717) is 31.1 Å². The van der Waals surface area contributed by atoms with Crippen molar-refractivity contribution in [1.29, 1.82) is 0 Å². The number of benzene rings is 2. The standard InChI is InChI=1S/C20H20FN3O5/c21-14-1-4-16(5-2-14)29-17-7-9-22(10-8-17)18-6-3-15(24(26)27)13-19(18)23-11-12-28-20(23)25/h1-6,13,17H,7-12H2. The number of carbonyl (C=O) groups is 1. The maximum atomic E-state index is 13.0. The largest absolute Gasteiger partial charge is 0.490 e. The summed E-state index contributed by atoms with van der Waals surface area (Å²) in [5.74, 6) is 0.319. The first-order valence-corrected chi connectivity index (χ1v) is 9.41. The molecule has 0 aromatic heterocycles. The van der Waals surface area contributed by atoms with E-state index >= 15 is 0 Å². The number of nitrogens with zero attached hydrogens (tertiary/aromatic N) is 3. The number of nitro benzene ring substituents is 1. The fourth-order valence-corrected chi connectivity index (χ4v) is 3.64. The second kappa shape index (κ2) is 7.94. The van der Waals surface area contributed by atoms with Crippen LogP contribution in [0.5, 0.6) is 5.75 Å². The van der Waals surface area contributed by atoms with Gasteiger partial charge in [-0.05, 0) is 30.3 Å². The lowest BCUT2D eigenvalue weighted by atomic mass is 10.1. The van der Waals surface area contributed by atoms with Crippen LogP contribution in [0.4, 0.5) is 26.2 Å². The lowest BCUT2D eigenvalue weighted by Gasteiger charge is -2.35. The van der Waals surface area contributed by atoms with Gasteiger partial charge in [0.1, 0.15) is 24.3 Å². The minimum Gasteiger partial charge on any atom is -0.490 e. The Balaban J connectivity index is 1.49. The van der Waals surface area contributed by atoms with Crippen LogP contribution >= 0.6 is 0 Å². The number of carbonyl (C=O) groups excluding carboxylic acids is 1. The molecule has 152 valence electrons. The van der Waals surface area contributed by atoms with Crippen LogP contribution in [0.15, 0.2) is 42.5 Å². The van der Waals surface area contributed by atoms with Crippen LogP contribution in [0.2, 0.25) is 0 Å². The molecule has 29 heavy (non-hydrogen) atoms. The fraction of sp³-hybridized carbons (Fsp3) is 0.350. The van der Waals surface area contributed by atoms with E-state index < -0.39 is 11.0 Å². The average Bonchev–Trinajstić information content (AvgIpc) is 3.15. The summed E-state index contributed by atoms with van der Waals surface area (Å²) in [6.07, 6.45) is 0.965. The van der Waals surface area contributed by atoms with Gasteiger partial charge in [0.15, 0.2) is 0 Å². The highest BCUT2D eigenvalue weighted by Crippen LogP contribution is 2.36. The molecule has 0 aliphatic carbocycles. The number of cyclic esters (lactones) is 1. The molecule has 1 amide bonds. The Kier molecular flexibility index (Phi) is 5.20. The molecule has 0 radical (unpaired) electrons. The van der Waals surface area contributed by atoms with Gasteiger partial charge in [-0.1, -0.05) is 0 Å². The number of piperidine rings is 1. The maximum absolute atomic E-state index is 13.0. The van der Waals surface area contributed by atoms with Gasteiger partial charge in [0, 0.05) is 38.1 Å². The highest BCUT2D eigenvalue weighted by molar-refractivity contribution is 5.94. The third-order valence-corrected chi connectivity index (χ3v) is 5.12. The molecule has 0 spiro atoms. The summed E-state index contributed by atoms with van der Waals surface area (Å²) in [7, 11) is 0. The van der Waals surface area contributed by atoms with Crippen molar-refractivity contribution in [2.75, 3.05) is 36.0 Å². The molecule has 2 aromatic carbocycles. The number of rotatable bonds is 5. The van der Waals surface area contributed by atoms with Crippen LogP contribution in [-0.4, -0.2) is 43.4 Å². The van der Waals surface area contributed by atoms with Gasteiger partial charge >= 0.3 is 6.09 Å². The van der Waals surface area contributed by atoms with Crippen LogP contribution in [0.3, 0.4) is 0 Å². The average molecular weight is 401 g/mol. The molecule has 2 aliphatic heterocycles. The first-order valence-electron chi connectivity index (χ1n) is 9.41. The Labute approximate surface area is 166 Å².